The van der Waals surface area contributed by atoms with Crippen molar-refractivity contribution >= 4 is 18.0 Å². The molecule has 0 unspecified atom stereocenters. The van der Waals surface area contributed by atoms with Gasteiger partial charge in [-0.05, 0) is 53.6 Å². The van der Waals surface area contributed by atoms with Crippen molar-refractivity contribution in [3.63, 3.8) is 0 Å². The largest absolute Gasteiger partial charge is 0.457 e. The second-order valence-corrected chi connectivity index (χ2v) is 6.48. The van der Waals surface area contributed by atoms with Crippen LogP contribution >= 0.6 is 0 Å². The van der Waals surface area contributed by atoms with Crippen LogP contribution in [0.25, 0.3) is 6.08 Å². The zero-order valence-corrected chi connectivity index (χ0v) is 16.2. The van der Waals surface area contributed by atoms with Crippen LogP contribution in [0.3, 0.4) is 0 Å². The highest BCUT2D eigenvalue weighted by Gasteiger charge is 2.15. The van der Waals surface area contributed by atoms with Crippen molar-refractivity contribution in [2.45, 2.75) is 6.54 Å². The lowest BCUT2D eigenvalue weighted by atomic mass is 10.1. The van der Waals surface area contributed by atoms with Crippen LogP contribution < -0.4 is 19.5 Å². The Kier molecular flexibility index (Phi) is 5.67. The van der Waals surface area contributed by atoms with Crippen LogP contribution in [0.5, 0.6) is 17.2 Å². The van der Waals surface area contributed by atoms with E-state index in [1.165, 1.54) is 18.4 Å². The summed E-state index contributed by atoms with van der Waals surface area (Å²) >= 11 is 0. The summed E-state index contributed by atoms with van der Waals surface area (Å²) in [7, 11) is 0. The number of fused-ring (bicyclic) bond motifs is 1. The number of ether oxygens (including phenoxy) is 3. The number of rotatable bonds is 6. The second-order valence-electron chi connectivity index (χ2n) is 6.48. The zero-order valence-electron chi connectivity index (χ0n) is 16.2. The molecule has 8 nitrogen and oxygen atoms in total. The van der Waals surface area contributed by atoms with E-state index in [4.69, 9.17) is 18.6 Å². The van der Waals surface area contributed by atoms with Gasteiger partial charge in [-0.1, -0.05) is 18.2 Å². The summed E-state index contributed by atoms with van der Waals surface area (Å²) < 4.78 is 20.8. The minimum atomic E-state index is -0.645. The Morgan fingerprint density at radius 3 is 2.77 bits per heavy atom. The molecule has 1 N–H and O–H groups in total. The zero-order chi connectivity index (χ0) is 21.6. The van der Waals surface area contributed by atoms with Gasteiger partial charge in [-0.3, -0.25) is 4.79 Å². The van der Waals surface area contributed by atoms with Crippen molar-refractivity contribution in [2.24, 2.45) is 0 Å². The molecule has 4 rings (SSSR count). The summed E-state index contributed by atoms with van der Waals surface area (Å²) in [6.45, 7) is 0.387. The molecule has 1 aromatic heterocycles. The number of nitriles is 1. The van der Waals surface area contributed by atoms with Crippen LogP contribution in [0.2, 0.25) is 0 Å². The van der Waals surface area contributed by atoms with Gasteiger partial charge in [-0.25, -0.2) is 4.79 Å². The van der Waals surface area contributed by atoms with Gasteiger partial charge in [0.2, 0.25) is 12.6 Å². The Morgan fingerprint density at radius 1 is 1.10 bits per heavy atom. The third kappa shape index (κ3) is 4.74. The monoisotopic (exact) mass is 416 g/mol. The minimum absolute atomic E-state index is 0.0709. The van der Waals surface area contributed by atoms with Crippen LogP contribution in [0.15, 0.2) is 70.9 Å². The Labute approximate surface area is 177 Å². The van der Waals surface area contributed by atoms with Crippen molar-refractivity contribution in [1.82, 2.24) is 5.32 Å². The third-order valence-electron chi connectivity index (χ3n) is 4.36. The maximum atomic E-state index is 12.4. The van der Waals surface area contributed by atoms with Gasteiger partial charge in [0.25, 0.3) is 5.91 Å². The van der Waals surface area contributed by atoms with Crippen LogP contribution in [-0.4, -0.2) is 18.7 Å². The van der Waals surface area contributed by atoms with Crippen LogP contribution in [0.1, 0.15) is 21.7 Å². The van der Waals surface area contributed by atoms with Gasteiger partial charge in [-0.2, -0.15) is 5.26 Å². The Bertz CT molecular complexity index is 1190. The van der Waals surface area contributed by atoms with Gasteiger partial charge >= 0.3 is 5.97 Å². The molecule has 0 saturated carbocycles. The fourth-order valence-electron chi connectivity index (χ4n) is 2.86. The highest BCUT2D eigenvalue weighted by atomic mass is 16.7. The summed E-state index contributed by atoms with van der Waals surface area (Å²) in [5.74, 6) is 0.421. The fourth-order valence-corrected chi connectivity index (χ4v) is 2.86. The second kappa shape index (κ2) is 8.88. The highest BCUT2D eigenvalue weighted by Crippen LogP contribution is 2.32. The number of furan rings is 1. The van der Waals surface area contributed by atoms with E-state index >= 15 is 0 Å². The van der Waals surface area contributed by atoms with Crippen molar-refractivity contribution in [2.75, 3.05) is 6.79 Å². The van der Waals surface area contributed by atoms with Crippen LogP contribution in [0.4, 0.5) is 0 Å². The molecule has 1 aliphatic heterocycles. The van der Waals surface area contributed by atoms with E-state index in [2.05, 4.69) is 5.32 Å². The predicted octanol–water partition coefficient (Wildman–Crippen LogP) is 3.45. The van der Waals surface area contributed by atoms with Gasteiger partial charge in [0.15, 0.2) is 11.5 Å². The van der Waals surface area contributed by atoms with E-state index in [1.807, 2.05) is 6.07 Å². The number of hydrogen-bond donors (Lipinski definition) is 1. The minimum Gasteiger partial charge on any atom is -0.457 e. The van der Waals surface area contributed by atoms with Gasteiger partial charge in [0.05, 0.1) is 6.26 Å². The first kappa shape index (κ1) is 19.8. The smallest absolute Gasteiger partial charge is 0.379 e. The molecule has 0 atom stereocenters. The number of nitrogens with zero attached hydrogens (tertiary/aromatic N) is 1. The van der Waals surface area contributed by atoms with E-state index < -0.39 is 11.9 Å². The molecule has 0 saturated heterocycles. The molecule has 3 aromatic rings. The lowest BCUT2D eigenvalue weighted by Crippen LogP contribution is -2.23. The predicted molar refractivity (Wildman–Crippen MR) is 108 cm³/mol. The number of benzene rings is 2. The van der Waals surface area contributed by atoms with Gasteiger partial charge < -0.3 is 23.9 Å². The molecule has 0 aliphatic carbocycles. The quantitative estimate of drug-likeness (QED) is 0.284. The molecule has 8 heteroatoms. The number of carbonyl (C=O) groups is 2. The molecule has 0 bridgehead atoms. The lowest BCUT2D eigenvalue weighted by Gasteiger charge is -2.06. The van der Waals surface area contributed by atoms with E-state index in [0.29, 0.717) is 17.1 Å². The Hall–Kier alpha value is -4.51. The maximum absolute atomic E-state index is 12.4. The first-order valence-corrected chi connectivity index (χ1v) is 9.26. The molecule has 1 aliphatic rings. The molecule has 154 valence electrons. The van der Waals surface area contributed by atoms with Gasteiger partial charge in [0.1, 0.15) is 17.4 Å². The first-order valence-electron chi connectivity index (χ1n) is 9.26. The van der Waals surface area contributed by atoms with E-state index in [1.54, 1.807) is 48.5 Å². The van der Waals surface area contributed by atoms with Gasteiger partial charge in [-0.15, -0.1) is 0 Å². The molecule has 0 fully saturated rings. The molecule has 2 aromatic carbocycles. The van der Waals surface area contributed by atoms with Crippen LogP contribution in [0, 0.1) is 11.3 Å². The van der Waals surface area contributed by atoms with Crippen molar-refractivity contribution in [1.29, 1.82) is 5.26 Å². The van der Waals surface area contributed by atoms with E-state index in [-0.39, 0.29) is 30.4 Å². The molecule has 31 heavy (non-hydrogen) atoms. The lowest BCUT2D eigenvalue weighted by molar-refractivity contribution is -0.117. The number of carbonyl (C=O) groups excluding carboxylic acids is 2. The number of amides is 1. The summed E-state index contributed by atoms with van der Waals surface area (Å²) in [6, 6.07) is 16.8. The molecule has 0 spiro atoms. The summed E-state index contributed by atoms with van der Waals surface area (Å²) in [5, 5.41) is 12.1. The standard InChI is InChI=1S/C23H16N2O6/c24-12-17(22(26)25-13-16-6-7-19-21(11-16)30-14-29-19)9-15-3-1-4-18(10-15)31-23(27)20-5-2-8-28-20/h1-11H,13-14H2,(H,25,26)/b17-9+. The fraction of sp³-hybridized carbons (Fsp3) is 0.0870. The molecule has 0 radical (unpaired) electrons. The van der Waals surface area contributed by atoms with Crippen LogP contribution in [-0.2, 0) is 11.3 Å². The molecular weight excluding hydrogens is 400 g/mol. The van der Waals surface area contributed by atoms with Crippen molar-refractivity contribution in [3.8, 4) is 23.3 Å². The summed E-state index contributed by atoms with van der Waals surface area (Å²) in [4.78, 5) is 24.4. The van der Waals surface area contributed by atoms with Crippen molar-refractivity contribution < 1.29 is 28.2 Å². The molecule has 2 heterocycles. The average molecular weight is 416 g/mol. The number of hydrogen-bond acceptors (Lipinski definition) is 7. The highest BCUT2D eigenvalue weighted by molar-refractivity contribution is 6.01. The summed E-state index contributed by atoms with van der Waals surface area (Å²) in [6.07, 6.45) is 2.79. The topological polar surface area (TPSA) is 111 Å². The Balaban J connectivity index is 1.42. The normalized spacial score (nSPS) is 12.2. The van der Waals surface area contributed by atoms with Gasteiger partial charge in [0, 0.05) is 6.54 Å². The molecule has 1 amide bonds. The van der Waals surface area contributed by atoms with Crippen molar-refractivity contribution in [3.05, 3.63) is 83.3 Å². The summed E-state index contributed by atoms with van der Waals surface area (Å²) in [5.41, 5.74) is 1.25. The number of nitrogens with one attached hydrogen (secondary N) is 1. The molecular formula is C23H16N2O6. The van der Waals surface area contributed by atoms with E-state index in [0.717, 1.165) is 5.56 Å². The van der Waals surface area contributed by atoms with E-state index in [9.17, 15) is 14.9 Å². The third-order valence-corrected chi connectivity index (χ3v) is 4.36. The average Bonchev–Trinajstić information content (AvgIpc) is 3.48. The Morgan fingerprint density at radius 2 is 1.97 bits per heavy atom. The number of esters is 1. The maximum Gasteiger partial charge on any atom is 0.379 e. The first-order chi connectivity index (χ1) is 15.1. The SMILES string of the molecule is N#C/C(=C\c1cccc(OC(=O)c2ccco2)c1)C(=O)NCc1ccc2c(c1)OCO2.